The Kier molecular flexibility index (Phi) is 7.54. The summed E-state index contributed by atoms with van der Waals surface area (Å²) in [6.07, 6.45) is 0.976. The van der Waals surface area contributed by atoms with Gasteiger partial charge in [-0.05, 0) is 29.2 Å². The van der Waals surface area contributed by atoms with Crippen molar-refractivity contribution in [3.05, 3.63) is 65.5 Å². The zero-order chi connectivity index (χ0) is 23.1. The standard InChI is InChI=1S/C23H26N4O5/c1-14(2)19(27-23(31)32-13-15-6-4-3-5-7-15)21(29)26-18-11-16-8-9-24-17(10-16)12-25-22(30)20(18)28/h3-10,14,18-19H,11-13H2,1-2H3,(H,25,30)(H,26,29)(H,27,31). The lowest BCUT2D eigenvalue weighted by Crippen LogP contribution is -2.55. The second-order valence-corrected chi connectivity index (χ2v) is 7.90. The van der Waals surface area contributed by atoms with Gasteiger partial charge in [0.1, 0.15) is 18.7 Å². The highest BCUT2D eigenvalue weighted by atomic mass is 16.5. The molecule has 168 valence electrons. The first-order chi connectivity index (χ1) is 15.3. The van der Waals surface area contributed by atoms with E-state index in [9.17, 15) is 19.2 Å². The Morgan fingerprint density at radius 1 is 1.19 bits per heavy atom. The molecule has 0 fully saturated rings. The molecule has 9 heteroatoms. The number of ketones is 1. The van der Waals surface area contributed by atoms with Gasteiger partial charge < -0.3 is 20.7 Å². The SMILES string of the molecule is CC(C)C(NC(=O)OCc1ccccc1)C(=O)NC1Cc2ccnc(c2)CNC(=O)C1=O. The lowest BCUT2D eigenvalue weighted by Gasteiger charge is -2.24. The molecule has 0 spiro atoms. The number of aromatic nitrogens is 1. The Balaban J connectivity index is 1.66. The van der Waals surface area contributed by atoms with Gasteiger partial charge in [0.15, 0.2) is 0 Å². The van der Waals surface area contributed by atoms with E-state index in [1.807, 2.05) is 30.3 Å². The molecule has 0 saturated carbocycles. The van der Waals surface area contributed by atoms with Crippen LogP contribution in [-0.4, -0.2) is 40.8 Å². The van der Waals surface area contributed by atoms with Crippen molar-refractivity contribution in [2.45, 2.75) is 45.5 Å². The van der Waals surface area contributed by atoms with Crippen LogP contribution in [0, 0.1) is 5.92 Å². The maximum atomic E-state index is 12.9. The third-order valence-electron chi connectivity index (χ3n) is 5.04. The largest absolute Gasteiger partial charge is 0.445 e. The predicted molar refractivity (Wildman–Crippen MR) is 115 cm³/mol. The third kappa shape index (κ3) is 6.13. The van der Waals surface area contributed by atoms with Crippen LogP contribution in [0.5, 0.6) is 0 Å². The molecule has 2 bridgehead atoms. The van der Waals surface area contributed by atoms with Gasteiger partial charge in [0.25, 0.3) is 5.91 Å². The molecule has 0 saturated heterocycles. The van der Waals surface area contributed by atoms with Crippen molar-refractivity contribution in [1.82, 2.24) is 20.9 Å². The molecule has 3 amide bonds. The van der Waals surface area contributed by atoms with Gasteiger partial charge in [0.05, 0.1) is 12.2 Å². The summed E-state index contributed by atoms with van der Waals surface area (Å²) in [5.74, 6) is -2.41. The smallest absolute Gasteiger partial charge is 0.408 e. The van der Waals surface area contributed by atoms with Crippen LogP contribution in [-0.2, 0) is 38.7 Å². The molecule has 2 unspecified atom stereocenters. The number of nitrogens with zero attached hydrogens (tertiary/aromatic N) is 1. The zero-order valence-corrected chi connectivity index (χ0v) is 18.0. The predicted octanol–water partition coefficient (Wildman–Crippen LogP) is 1.26. The first-order valence-corrected chi connectivity index (χ1v) is 10.4. The molecule has 32 heavy (non-hydrogen) atoms. The summed E-state index contributed by atoms with van der Waals surface area (Å²) in [5, 5.41) is 7.69. The van der Waals surface area contributed by atoms with Crippen LogP contribution in [0.4, 0.5) is 4.79 Å². The fourth-order valence-corrected chi connectivity index (χ4v) is 3.30. The number of Topliss-reactive ketones (excluding diaryl/α,β-unsaturated/α-hetero) is 1. The number of hydrogen-bond acceptors (Lipinski definition) is 6. The minimum Gasteiger partial charge on any atom is -0.445 e. The molecular weight excluding hydrogens is 412 g/mol. The number of alkyl carbamates (subject to hydrolysis) is 1. The molecule has 1 aliphatic heterocycles. The Morgan fingerprint density at radius 3 is 2.66 bits per heavy atom. The molecule has 0 radical (unpaired) electrons. The lowest BCUT2D eigenvalue weighted by molar-refractivity contribution is -0.140. The second-order valence-electron chi connectivity index (χ2n) is 7.90. The lowest BCUT2D eigenvalue weighted by atomic mass is 9.99. The van der Waals surface area contributed by atoms with Gasteiger partial charge in [0.2, 0.25) is 11.7 Å². The number of pyridine rings is 1. The average molecular weight is 438 g/mol. The molecule has 2 heterocycles. The van der Waals surface area contributed by atoms with Crippen molar-refractivity contribution >= 4 is 23.7 Å². The summed E-state index contributed by atoms with van der Waals surface area (Å²) >= 11 is 0. The quantitative estimate of drug-likeness (QED) is 0.583. The zero-order valence-electron chi connectivity index (χ0n) is 18.0. The van der Waals surface area contributed by atoms with Gasteiger partial charge >= 0.3 is 6.09 Å². The highest BCUT2D eigenvalue weighted by Crippen LogP contribution is 2.11. The monoisotopic (exact) mass is 438 g/mol. The molecule has 3 N–H and O–H groups in total. The van der Waals surface area contributed by atoms with Gasteiger partial charge in [0, 0.05) is 12.6 Å². The van der Waals surface area contributed by atoms with Crippen molar-refractivity contribution < 1.29 is 23.9 Å². The van der Waals surface area contributed by atoms with Crippen molar-refractivity contribution in [3.8, 4) is 0 Å². The van der Waals surface area contributed by atoms with E-state index in [2.05, 4.69) is 20.9 Å². The van der Waals surface area contributed by atoms with Crippen molar-refractivity contribution in [1.29, 1.82) is 0 Å². The Bertz CT molecular complexity index is 993. The third-order valence-corrected chi connectivity index (χ3v) is 5.04. The first kappa shape index (κ1) is 22.9. The highest BCUT2D eigenvalue weighted by molar-refractivity contribution is 6.38. The summed E-state index contributed by atoms with van der Waals surface area (Å²) < 4.78 is 5.20. The molecule has 1 aliphatic rings. The summed E-state index contributed by atoms with van der Waals surface area (Å²) in [4.78, 5) is 54.2. The number of benzene rings is 1. The minimum absolute atomic E-state index is 0.0603. The molecule has 2 atom stereocenters. The van der Waals surface area contributed by atoms with Crippen molar-refractivity contribution in [3.63, 3.8) is 0 Å². The highest BCUT2D eigenvalue weighted by Gasteiger charge is 2.32. The number of carbonyl (C=O) groups is 4. The molecule has 9 nitrogen and oxygen atoms in total. The van der Waals surface area contributed by atoms with Gasteiger partial charge in [-0.1, -0.05) is 44.2 Å². The minimum atomic E-state index is -1.07. The van der Waals surface area contributed by atoms with Gasteiger partial charge in [-0.25, -0.2) is 4.79 Å². The number of hydrogen-bond donors (Lipinski definition) is 3. The Morgan fingerprint density at radius 2 is 1.94 bits per heavy atom. The van der Waals surface area contributed by atoms with Crippen molar-refractivity contribution in [2.24, 2.45) is 5.92 Å². The molecule has 3 rings (SSSR count). The van der Waals surface area contributed by atoms with E-state index in [0.29, 0.717) is 5.69 Å². The van der Waals surface area contributed by atoms with E-state index in [1.165, 1.54) is 0 Å². The topological polar surface area (TPSA) is 126 Å². The number of carbonyl (C=O) groups excluding carboxylic acids is 4. The van der Waals surface area contributed by atoms with Crippen LogP contribution >= 0.6 is 0 Å². The number of nitrogens with one attached hydrogen (secondary N) is 3. The van der Waals surface area contributed by atoms with E-state index in [-0.39, 0.29) is 25.5 Å². The maximum Gasteiger partial charge on any atom is 0.408 e. The van der Waals surface area contributed by atoms with Crippen LogP contribution in [0.15, 0.2) is 48.7 Å². The Hall–Kier alpha value is -3.75. The summed E-state index contributed by atoms with van der Waals surface area (Å²) in [5.41, 5.74) is 2.20. The van der Waals surface area contributed by atoms with Crippen LogP contribution in [0.1, 0.15) is 30.7 Å². The van der Waals surface area contributed by atoms with Crippen LogP contribution in [0.25, 0.3) is 0 Å². The number of ether oxygens (including phenoxy) is 1. The normalized spacial score (nSPS) is 16.8. The van der Waals surface area contributed by atoms with Gasteiger partial charge in [-0.2, -0.15) is 0 Å². The number of rotatable bonds is 6. The van der Waals surface area contributed by atoms with Crippen LogP contribution in [0.3, 0.4) is 0 Å². The number of fused-ring (bicyclic) bond motifs is 2. The number of amides is 3. The van der Waals surface area contributed by atoms with E-state index in [1.54, 1.807) is 32.2 Å². The van der Waals surface area contributed by atoms with Gasteiger partial charge in [-0.15, -0.1) is 0 Å². The van der Waals surface area contributed by atoms with E-state index in [0.717, 1.165) is 11.1 Å². The van der Waals surface area contributed by atoms with Crippen LogP contribution in [0.2, 0.25) is 0 Å². The maximum absolute atomic E-state index is 12.9. The molecule has 1 aromatic carbocycles. The Labute approximate surface area is 185 Å². The average Bonchev–Trinajstić information content (AvgIpc) is 2.82. The van der Waals surface area contributed by atoms with E-state index < -0.39 is 35.8 Å². The van der Waals surface area contributed by atoms with E-state index >= 15 is 0 Å². The fraction of sp³-hybridized carbons (Fsp3) is 0.348. The molecule has 0 aliphatic carbocycles. The molecular formula is C23H26N4O5. The molecule has 1 aromatic heterocycles. The second kappa shape index (κ2) is 10.5. The summed E-state index contributed by atoms with van der Waals surface area (Å²) in [6, 6.07) is 10.6. The molecule has 2 aromatic rings. The fourth-order valence-electron chi connectivity index (χ4n) is 3.30. The first-order valence-electron chi connectivity index (χ1n) is 10.4. The van der Waals surface area contributed by atoms with Crippen molar-refractivity contribution in [2.75, 3.05) is 0 Å². The van der Waals surface area contributed by atoms with Gasteiger partial charge in [-0.3, -0.25) is 19.4 Å². The van der Waals surface area contributed by atoms with Crippen LogP contribution < -0.4 is 16.0 Å². The summed E-state index contributed by atoms with van der Waals surface area (Å²) in [7, 11) is 0. The van der Waals surface area contributed by atoms with E-state index in [4.69, 9.17) is 4.74 Å². The summed E-state index contributed by atoms with van der Waals surface area (Å²) in [6.45, 7) is 3.70.